The quantitative estimate of drug-likeness (QED) is 0.462. The lowest BCUT2D eigenvalue weighted by Crippen LogP contribution is -2.16. The van der Waals surface area contributed by atoms with Crippen molar-refractivity contribution in [1.82, 2.24) is 0 Å². The van der Waals surface area contributed by atoms with E-state index in [1.54, 1.807) is 13.8 Å². The van der Waals surface area contributed by atoms with Gasteiger partial charge in [0.05, 0.1) is 12.0 Å². The molecule has 11 heavy (non-hydrogen) atoms. The fraction of sp³-hybridized carbons (Fsp3) is 0.875. The van der Waals surface area contributed by atoms with Crippen LogP contribution in [0.25, 0.3) is 0 Å². The van der Waals surface area contributed by atoms with Crippen molar-refractivity contribution in [1.29, 1.82) is 0 Å². The normalized spacial score (nSPS) is 10.7. The highest BCUT2D eigenvalue weighted by Gasteiger charge is 2.07. The van der Waals surface area contributed by atoms with E-state index >= 15 is 0 Å². The molecule has 0 aromatic rings. The van der Waals surface area contributed by atoms with Crippen molar-refractivity contribution in [2.75, 3.05) is 6.79 Å². The third-order valence-electron chi connectivity index (χ3n) is 1.07. The fourth-order valence-corrected chi connectivity index (χ4v) is 0.395. The van der Waals surface area contributed by atoms with Gasteiger partial charge in [0.15, 0.2) is 6.79 Å². The molecule has 0 heterocycles. The second kappa shape index (κ2) is 5.13. The van der Waals surface area contributed by atoms with Crippen molar-refractivity contribution in [3.8, 4) is 0 Å². The molecule has 0 bridgehead atoms. The molecule has 3 heteroatoms. The Morgan fingerprint density at radius 1 is 1.27 bits per heavy atom. The molecule has 0 saturated heterocycles. The number of rotatable bonds is 4. The van der Waals surface area contributed by atoms with Crippen LogP contribution in [0.5, 0.6) is 0 Å². The average molecular weight is 160 g/mol. The van der Waals surface area contributed by atoms with Gasteiger partial charge < -0.3 is 9.47 Å². The van der Waals surface area contributed by atoms with Crippen LogP contribution in [0.4, 0.5) is 0 Å². The van der Waals surface area contributed by atoms with Crippen molar-refractivity contribution in [2.45, 2.75) is 33.8 Å². The summed E-state index contributed by atoms with van der Waals surface area (Å²) < 4.78 is 9.77. The van der Waals surface area contributed by atoms with Crippen LogP contribution in [0.15, 0.2) is 0 Å². The number of hydrogen-bond acceptors (Lipinski definition) is 3. The van der Waals surface area contributed by atoms with Crippen LogP contribution in [-0.2, 0) is 14.3 Å². The lowest BCUT2D eigenvalue weighted by atomic mass is 10.2. The zero-order valence-electron chi connectivity index (χ0n) is 7.59. The molecule has 0 rings (SSSR count). The maximum atomic E-state index is 10.8. The molecule has 0 amide bonds. The van der Waals surface area contributed by atoms with Gasteiger partial charge >= 0.3 is 5.97 Å². The van der Waals surface area contributed by atoms with Crippen molar-refractivity contribution in [3.63, 3.8) is 0 Å². The highest BCUT2D eigenvalue weighted by Crippen LogP contribution is 1.96. The zero-order valence-corrected chi connectivity index (χ0v) is 7.59. The Hall–Kier alpha value is -0.570. The van der Waals surface area contributed by atoms with Crippen LogP contribution >= 0.6 is 0 Å². The molecular formula is C8H16O3. The second-order valence-corrected chi connectivity index (χ2v) is 2.95. The Labute approximate surface area is 67.7 Å². The first kappa shape index (κ1) is 10.4. The monoisotopic (exact) mass is 160 g/mol. The van der Waals surface area contributed by atoms with Gasteiger partial charge in [0.1, 0.15) is 0 Å². The first-order chi connectivity index (χ1) is 5.04. The molecule has 0 aromatic carbocycles. The van der Waals surface area contributed by atoms with Crippen LogP contribution in [-0.4, -0.2) is 18.9 Å². The number of ether oxygens (including phenoxy) is 2. The lowest BCUT2D eigenvalue weighted by molar-refractivity contribution is -0.163. The maximum absolute atomic E-state index is 10.8. The van der Waals surface area contributed by atoms with Crippen LogP contribution in [0.2, 0.25) is 0 Å². The van der Waals surface area contributed by atoms with Crippen molar-refractivity contribution in [3.05, 3.63) is 0 Å². The van der Waals surface area contributed by atoms with Crippen LogP contribution < -0.4 is 0 Å². The summed E-state index contributed by atoms with van der Waals surface area (Å²) in [5.41, 5.74) is 0. The Balaban J connectivity index is 3.32. The van der Waals surface area contributed by atoms with Crippen molar-refractivity contribution < 1.29 is 14.3 Å². The number of hydrogen-bond donors (Lipinski definition) is 0. The standard InChI is InChI=1S/C8H16O3/c1-6(2)8(9)11-5-10-7(3)4/h6-7H,5H2,1-4H3. The first-order valence-electron chi connectivity index (χ1n) is 3.82. The summed E-state index contributed by atoms with van der Waals surface area (Å²) in [4.78, 5) is 10.8. The van der Waals surface area contributed by atoms with E-state index in [2.05, 4.69) is 0 Å². The maximum Gasteiger partial charge on any atom is 0.310 e. The molecule has 0 fully saturated rings. The Morgan fingerprint density at radius 3 is 2.18 bits per heavy atom. The van der Waals surface area contributed by atoms with E-state index in [0.29, 0.717) is 0 Å². The summed E-state index contributed by atoms with van der Waals surface area (Å²) in [5, 5.41) is 0. The Bertz CT molecular complexity index is 119. The fourth-order valence-electron chi connectivity index (χ4n) is 0.395. The molecule has 0 radical (unpaired) electrons. The lowest BCUT2D eigenvalue weighted by Gasteiger charge is -2.09. The third kappa shape index (κ3) is 5.85. The molecule has 0 aromatic heterocycles. The van der Waals surface area contributed by atoms with Gasteiger partial charge in [-0.2, -0.15) is 0 Å². The summed E-state index contributed by atoms with van der Waals surface area (Å²) >= 11 is 0. The zero-order chi connectivity index (χ0) is 8.85. The van der Waals surface area contributed by atoms with Gasteiger partial charge in [0.25, 0.3) is 0 Å². The summed E-state index contributed by atoms with van der Waals surface area (Å²) in [7, 11) is 0. The highest BCUT2D eigenvalue weighted by atomic mass is 16.7. The number of carbonyl (C=O) groups is 1. The van der Waals surface area contributed by atoms with Gasteiger partial charge in [0, 0.05) is 0 Å². The molecular weight excluding hydrogens is 144 g/mol. The van der Waals surface area contributed by atoms with Crippen LogP contribution in [0.1, 0.15) is 27.7 Å². The molecule has 66 valence electrons. The minimum atomic E-state index is -0.217. The van der Waals surface area contributed by atoms with E-state index in [-0.39, 0.29) is 24.8 Å². The molecule has 0 saturated carbocycles. The molecule has 0 N–H and O–H groups in total. The minimum Gasteiger partial charge on any atom is -0.438 e. The average Bonchev–Trinajstić information content (AvgIpc) is 1.86. The molecule has 0 atom stereocenters. The van der Waals surface area contributed by atoms with Crippen LogP contribution in [0, 0.1) is 5.92 Å². The highest BCUT2D eigenvalue weighted by molar-refractivity contribution is 5.71. The topological polar surface area (TPSA) is 35.5 Å². The van der Waals surface area contributed by atoms with Gasteiger partial charge in [0.2, 0.25) is 0 Å². The molecule has 3 nitrogen and oxygen atoms in total. The molecule has 0 spiro atoms. The van der Waals surface area contributed by atoms with Gasteiger partial charge in [-0.1, -0.05) is 13.8 Å². The SMILES string of the molecule is CC(C)OCOC(=O)C(C)C. The summed E-state index contributed by atoms with van der Waals surface area (Å²) in [6, 6.07) is 0. The number of esters is 1. The minimum absolute atomic E-state index is 0.0642. The van der Waals surface area contributed by atoms with Crippen LogP contribution in [0.3, 0.4) is 0 Å². The second-order valence-electron chi connectivity index (χ2n) is 2.95. The third-order valence-corrected chi connectivity index (χ3v) is 1.07. The van der Waals surface area contributed by atoms with Gasteiger partial charge in [-0.15, -0.1) is 0 Å². The molecule has 0 aliphatic rings. The predicted molar refractivity (Wildman–Crippen MR) is 42.0 cm³/mol. The largest absolute Gasteiger partial charge is 0.438 e. The van der Waals surface area contributed by atoms with Gasteiger partial charge in [-0.25, -0.2) is 0 Å². The molecule has 0 aliphatic carbocycles. The summed E-state index contributed by atoms with van der Waals surface area (Å²) in [5.74, 6) is -0.295. The first-order valence-corrected chi connectivity index (χ1v) is 3.82. The van der Waals surface area contributed by atoms with Crippen molar-refractivity contribution in [2.24, 2.45) is 5.92 Å². The van der Waals surface area contributed by atoms with E-state index in [1.165, 1.54) is 0 Å². The van der Waals surface area contributed by atoms with Gasteiger partial charge in [-0.3, -0.25) is 4.79 Å². The Morgan fingerprint density at radius 2 is 1.82 bits per heavy atom. The van der Waals surface area contributed by atoms with E-state index < -0.39 is 0 Å². The summed E-state index contributed by atoms with van der Waals surface area (Å²) in [6.07, 6.45) is 0.106. The Kier molecular flexibility index (Phi) is 4.86. The van der Waals surface area contributed by atoms with Gasteiger partial charge in [-0.05, 0) is 13.8 Å². The summed E-state index contributed by atoms with van der Waals surface area (Å²) in [6.45, 7) is 7.43. The van der Waals surface area contributed by atoms with E-state index in [1.807, 2.05) is 13.8 Å². The predicted octanol–water partition coefficient (Wildman–Crippen LogP) is 1.57. The van der Waals surface area contributed by atoms with E-state index in [0.717, 1.165) is 0 Å². The molecule has 0 unspecified atom stereocenters. The van der Waals surface area contributed by atoms with Crippen molar-refractivity contribution >= 4 is 5.97 Å². The smallest absolute Gasteiger partial charge is 0.310 e. The van der Waals surface area contributed by atoms with E-state index in [9.17, 15) is 4.79 Å². The number of carbonyl (C=O) groups excluding carboxylic acids is 1. The van der Waals surface area contributed by atoms with E-state index in [4.69, 9.17) is 9.47 Å². The molecule has 0 aliphatic heterocycles.